The summed E-state index contributed by atoms with van der Waals surface area (Å²) in [7, 11) is 0. The van der Waals surface area contributed by atoms with Crippen LogP contribution in [0.15, 0.2) is 12.1 Å². The lowest BCUT2D eigenvalue weighted by Gasteiger charge is -2.20. The highest BCUT2D eigenvalue weighted by molar-refractivity contribution is 5.59. The van der Waals surface area contributed by atoms with Crippen LogP contribution in [-0.4, -0.2) is 5.11 Å². The molecule has 3 heteroatoms. The summed E-state index contributed by atoms with van der Waals surface area (Å²) in [6.07, 6.45) is 0. The molecule has 0 heterocycles. The Bertz CT molecular complexity index is 334. The van der Waals surface area contributed by atoms with Gasteiger partial charge in [-0.25, -0.2) is 0 Å². The molecule has 14 heavy (non-hydrogen) atoms. The largest absolute Gasteiger partial charge is 0.505 e. The maximum atomic E-state index is 9.79. The maximum absolute atomic E-state index is 9.79. The lowest BCUT2D eigenvalue weighted by Crippen LogP contribution is -2.18. The van der Waals surface area contributed by atoms with E-state index in [1.54, 1.807) is 6.07 Å². The van der Waals surface area contributed by atoms with Gasteiger partial charge in [0.2, 0.25) is 0 Å². The van der Waals surface area contributed by atoms with Gasteiger partial charge in [-0.2, -0.15) is 0 Å². The fourth-order valence-electron chi connectivity index (χ4n) is 1.48. The number of aromatic hydroxyl groups is 1. The SMILES string of the molecule is Cc1ccc(N)c(O)c1[C@H](N)C(C)C. The minimum atomic E-state index is -0.168. The number of hydrogen-bond donors (Lipinski definition) is 3. The van der Waals surface area contributed by atoms with Crippen molar-refractivity contribution in [1.29, 1.82) is 0 Å². The molecule has 0 fully saturated rings. The van der Waals surface area contributed by atoms with Gasteiger partial charge in [-0.1, -0.05) is 19.9 Å². The van der Waals surface area contributed by atoms with E-state index in [0.29, 0.717) is 5.69 Å². The molecule has 0 aliphatic carbocycles. The number of anilines is 1. The first kappa shape index (κ1) is 10.9. The Kier molecular flexibility index (Phi) is 3.01. The van der Waals surface area contributed by atoms with Gasteiger partial charge in [-0.15, -0.1) is 0 Å². The van der Waals surface area contributed by atoms with Crippen LogP contribution < -0.4 is 11.5 Å². The third-order valence-corrected chi connectivity index (χ3v) is 2.52. The van der Waals surface area contributed by atoms with Gasteiger partial charge in [0.1, 0.15) is 5.75 Å². The number of phenolic OH excluding ortho intramolecular Hbond substituents is 1. The zero-order valence-corrected chi connectivity index (χ0v) is 8.91. The monoisotopic (exact) mass is 194 g/mol. The van der Waals surface area contributed by atoms with Gasteiger partial charge in [0.15, 0.2) is 0 Å². The summed E-state index contributed by atoms with van der Waals surface area (Å²) in [5.41, 5.74) is 13.8. The summed E-state index contributed by atoms with van der Waals surface area (Å²) in [4.78, 5) is 0. The number of nitrogen functional groups attached to an aromatic ring is 1. The van der Waals surface area contributed by atoms with Crippen molar-refractivity contribution in [2.75, 3.05) is 5.73 Å². The highest BCUT2D eigenvalue weighted by atomic mass is 16.3. The third-order valence-electron chi connectivity index (χ3n) is 2.52. The molecule has 1 atom stereocenters. The Hall–Kier alpha value is -1.22. The summed E-state index contributed by atoms with van der Waals surface area (Å²) in [5, 5.41) is 9.79. The molecule has 0 aliphatic heterocycles. The normalized spacial score (nSPS) is 13.2. The van der Waals surface area contributed by atoms with E-state index in [-0.39, 0.29) is 17.7 Å². The standard InChI is InChI=1S/C11H18N2O/c1-6(2)10(13)9-7(3)4-5-8(12)11(9)14/h4-6,10,14H,12-13H2,1-3H3/t10-/m1/s1. The maximum Gasteiger partial charge on any atom is 0.143 e. The van der Waals surface area contributed by atoms with Crippen molar-refractivity contribution < 1.29 is 5.11 Å². The smallest absolute Gasteiger partial charge is 0.143 e. The van der Waals surface area contributed by atoms with Crippen LogP contribution in [0.5, 0.6) is 5.75 Å². The zero-order valence-electron chi connectivity index (χ0n) is 8.91. The van der Waals surface area contributed by atoms with Crippen molar-refractivity contribution in [1.82, 2.24) is 0 Å². The number of hydrogen-bond acceptors (Lipinski definition) is 3. The Morgan fingerprint density at radius 3 is 2.36 bits per heavy atom. The van der Waals surface area contributed by atoms with Gasteiger partial charge in [0, 0.05) is 11.6 Å². The van der Waals surface area contributed by atoms with Crippen LogP contribution in [0.4, 0.5) is 5.69 Å². The van der Waals surface area contributed by atoms with Gasteiger partial charge in [0.25, 0.3) is 0 Å². The minimum Gasteiger partial charge on any atom is -0.505 e. The molecule has 0 radical (unpaired) electrons. The number of benzene rings is 1. The Labute approximate surface area is 84.7 Å². The number of rotatable bonds is 2. The lowest BCUT2D eigenvalue weighted by molar-refractivity contribution is 0.440. The first-order valence-corrected chi connectivity index (χ1v) is 4.78. The van der Waals surface area contributed by atoms with Crippen LogP contribution >= 0.6 is 0 Å². The molecule has 1 rings (SSSR count). The van der Waals surface area contributed by atoms with Gasteiger partial charge >= 0.3 is 0 Å². The van der Waals surface area contributed by atoms with E-state index in [2.05, 4.69) is 0 Å². The molecule has 78 valence electrons. The Balaban J connectivity index is 3.25. The third kappa shape index (κ3) is 1.82. The molecule has 0 spiro atoms. The van der Waals surface area contributed by atoms with Crippen molar-refractivity contribution >= 4 is 5.69 Å². The molecule has 0 saturated heterocycles. The molecule has 3 nitrogen and oxygen atoms in total. The topological polar surface area (TPSA) is 72.3 Å². The van der Waals surface area contributed by atoms with E-state index in [1.807, 2.05) is 26.8 Å². The molecule has 1 aromatic rings. The van der Waals surface area contributed by atoms with Crippen LogP contribution in [0.2, 0.25) is 0 Å². The summed E-state index contributed by atoms with van der Waals surface area (Å²) < 4.78 is 0. The Morgan fingerprint density at radius 1 is 1.29 bits per heavy atom. The lowest BCUT2D eigenvalue weighted by atomic mass is 9.92. The molecular weight excluding hydrogens is 176 g/mol. The second-order valence-corrected chi connectivity index (χ2v) is 4.00. The van der Waals surface area contributed by atoms with E-state index in [4.69, 9.17) is 11.5 Å². The molecule has 0 unspecified atom stereocenters. The number of aryl methyl sites for hydroxylation is 1. The van der Waals surface area contributed by atoms with E-state index in [9.17, 15) is 5.11 Å². The second kappa shape index (κ2) is 3.88. The van der Waals surface area contributed by atoms with Crippen LogP contribution in [0.1, 0.15) is 31.0 Å². The average molecular weight is 194 g/mol. The molecular formula is C11H18N2O. The highest BCUT2D eigenvalue weighted by Gasteiger charge is 2.18. The minimum absolute atomic E-state index is 0.131. The Morgan fingerprint density at radius 2 is 1.86 bits per heavy atom. The van der Waals surface area contributed by atoms with E-state index >= 15 is 0 Å². The van der Waals surface area contributed by atoms with Crippen LogP contribution in [0, 0.1) is 12.8 Å². The predicted molar refractivity (Wildman–Crippen MR) is 59.0 cm³/mol. The molecule has 0 amide bonds. The van der Waals surface area contributed by atoms with Crippen molar-refractivity contribution in [3.63, 3.8) is 0 Å². The van der Waals surface area contributed by atoms with Crippen LogP contribution in [0.25, 0.3) is 0 Å². The van der Waals surface area contributed by atoms with Crippen molar-refractivity contribution in [3.05, 3.63) is 23.3 Å². The van der Waals surface area contributed by atoms with Crippen LogP contribution in [-0.2, 0) is 0 Å². The van der Waals surface area contributed by atoms with E-state index in [0.717, 1.165) is 11.1 Å². The van der Waals surface area contributed by atoms with E-state index < -0.39 is 0 Å². The molecule has 0 aromatic heterocycles. The molecule has 0 aliphatic rings. The van der Waals surface area contributed by atoms with Crippen molar-refractivity contribution in [3.8, 4) is 5.75 Å². The zero-order chi connectivity index (χ0) is 10.9. The highest BCUT2D eigenvalue weighted by Crippen LogP contribution is 2.34. The molecule has 0 bridgehead atoms. The fourth-order valence-corrected chi connectivity index (χ4v) is 1.48. The van der Waals surface area contributed by atoms with E-state index in [1.165, 1.54) is 0 Å². The van der Waals surface area contributed by atoms with Gasteiger partial charge < -0.3 is 16.6 Å². The summed E-state index contributed by atoms with van der Waals surface area (Å²) in [6.45, 7) is 5.97. The molecule has 1 aromatic carbocycles. The predicted octanol–water partition coefficient (Wildman–Crippen LogP) is 1.94. The molecule has 5 N–H and O–H groups in total. The van der Waals surface area contributed by atoms with Gasteiger partial charge in [0.05, 0.1) is 5.69 Å². The van der Waals surface area contributed by atoms with Gasteiger partial charge in [-0.3, -0.25) is 0 Å². The van der Waals surface area contributed by atoms with Crippen LogP contribution in [0.3, 0.4) is 0 Å². The second-order valence-electron chi connectivity index (χ2n) is 4.00. The summed E-state index contributed by atoms with van der Waals surface area (Å²) in [5.74, 6) is 0.410. The average Bonchev–Trinajstić information content (AvgIpc) is 2.12. The first-order valence-electron chi connectivity index (χ1n) is 4.78. The van der Waals surface area contributed by atoms with Crippen molar-refractivity contribution in [2.24, 2.45) is 11.7 Å². The van der Waals surface area contributed by atoms with Gasteiger partial charge in [-0.05, 0) is 24.5 Å². The quantitative estimate of drug-likeness (QED) is 0.497. The summed E-state index contributed by atoms with van der Waals surface area (Å²) in [6, 6.07) is 3.41. The molecule has 0 saturated carbocycles. The first-order chi connectivity index (χ1) is 6.45. The summed E-state index contributed by atoms with van der Waals surface area (Å²) >= 11 is 0. The number of nitrogens with two attached hydrogens (primary N) is 2. The van der Waals surface area contributed by atoms with Crippen molar-refractivity contribution in [2.45, 2.75) is 26.8 Å². The fraction of sp³-hybridized carbons (Fsp3) is 0.455. The number of phenols is 1.